The molecule has 0 bridgehead atoms. The Morgan fingerprint density at radius 1 is 1.61 bits per heavy atom. The minimum absolute atomic E-state index is 0.0112. The SMILES string of the molecule is CN1CCC(CN(C)c2cncc(C(=O)O)n2)C1. The van der Waals surface area contributed by atoms with Crippen molar-refractivity contribution < 1.29 is 9.90 Å². The van der Waals surface area contributed by atoms with Crippen molar-refractivity contribution >= 4 is 11.8 Å². The van der Waals surface area contributed by atoms with Crippen LogP contribution in [-0.4, -0.2) is 59.7 Å². The number of carboxylic acids is 1. The van der Waals surface area contributed by atoms with Gasteiger partial charge in [-0.15, -0.1) is 0 Å². The molecule has 1 aromatic heterocycles. The van der Waals surface area contributed by atoms with E-state index in [2.05, 4.69) is 21.9 Å². The van der Waals surface area contributed by atoms with Crippen molar-refractivity contribution in [3.63, 3.8) is 0 Å². The van der Waals surface area contributed by atoms with E-state index in [0.717, 1.165) is 19.6 Å². The molecule has 1 aliphatic heterocycles. The van der Waals surface area contributed by atoms with Crippen molar-refractivity contribution in [1.29, 1.82) is 0 Å². The molecule has 0 radical (unpaired) electrons. The third kappa shape index (κ3) is 2.95. The third-order valence-corrected chi connectivity index (χ3v) is 3.25. The number of hydrogen-bond acceptors (Lipinski definition) is 5. The average molecular weight is 250 g/mol. The van der Waals surface area contributed by atoms with Gasteiger partial charge in [0, 0.05) is 20.1 Å². The number of carboxylic acid groups (broad SMARTS) is 1. The lowest BCUT2D eigenvalue weighted by Gasteiger charge is -2.21. The Morgan fingerprint density at radius 3 is 3.00 bits per heavy atom. The second kappa shape index (κ2) is 5.30. The van der Waals surface area contributed by atoms with Crippen LogP contribution in [-0.2, 0) is 0 Å². The quantitative estimate of drug-likeness (QED) is 0.842. The van der Waals surface area contributed by atoms with Gasteiger partial charge in [0.1, 0.15) is 5.82 Å². The molecule has 1 aliphatic rings. The highest BCUT2D eigenvalue weighted by molar-refractivity contribution is 5.85. The molecule has 6 nitrogen and oxygen atoms in total. The van der Waals surface area contributed by atoms with Gasteiger partial charge in [0.05, 0.1) is 12.4 Å². The van der Waals surface area contributed by atoms with E-state index in [4.69, 9.17) is 5.11 Å². The van der Waals surface area contributed by atoms with Gasteiger partial charge >= 0.3 is 5.97 Å². The third-order valence-electron chi connectivity index (χ3n) is 3.25. The van der Waals surface area contributed by atoms with Gasteiger partial charge in [-0.1, -0.05) is 0 Å². The summed E-state index contributed by atoms with van der Waals surface area (Å²) in [5.74, 6) is 0.179. The van der Waals surface area contributed by atoms with Crippen molar-refractivity contribution in [1.82, 2.24) is 14.9 Å². The maximum Gasteiger partial charge on any atom is 0.356 e. The molecule has 0 amide bonds. The fourth-order valence-corrected chi connectivity index (χ4v) is 2.30. The summed E-state index contributed by atoms with van der Waals surface area (Å²) in [6.07, 6.45) is 4.04. The van der Waals surface area contributed by atoms with Gasteiger partial charge in [-0.05, 0) is 25.9 Å². The number of hydrogen-bond donors (Lipinski definition) is 1. The first kappa shape index (κ1) is 12.8. The number of aromatic nitrogens is 2. The van der Waals surface area contributed by atoms with Crippen molar-refractivity contribution in [2.45, 2.75) is 6.42 Å². The van der Waals surface area contributed by atoms with Gasteiger partial charge in [-0.25, -0.2) is 9.78 Å². The number of anilines is 1. The van der Waals surface area contributed by atoms with E-state index in [1.54, 1.807) is 6.20 Å². The smallest absolute Gasteiger partial charge is 0.356 e. The summed E-state index contributed by atoms with van der Waals surface area (Å²) in [5, 5.41) is 8.88. The minimum atomic E-state index is -1.04. The largest absolute Gasteiger partial charge is 0.476 e. The molecule has 1 fully saturated rings. The van der Waals surface area contributed by atoms with Crippen molar-refractivity contribution in [2.75, 3.05) is 38.6 Å². The summed E-state index contributed by atoms with van der Waals surface area (Å²) in [5.41, 5.74) is -0.0112. The highest BCUT2D eigenvalue weighted by Crippen LogP contribution is 2.17. The van der Waals surface area contributed by atoms with Crippen LogP contribution in [0, 0.1) is 5.92 Å². The first-order valence-corrected chi connectivity index (χ1v) is 6.01. The van der Waals surface area contributed by atoms with E-state index in [-0.39, 0.29) is 5.69 Å². The molecular weight excluding hydrogens is 232 g/mol. The molecule has 1 N–H and O–H groups in total. The maximum absolute atomic E-state index is 10.8. The zero-order valence-electron chi connectivity index (χ0n) is 10.7. The summed E-state index contributed by atoms with van der Waals surface area (Å²) >= 11 is 0. The van der Waals surface area contributed by atoms with Crippen LogP contribution in [0.2, 0.25) is 0 Å². The second-order valence-electron chi connectivity index (χ2n) is 4.87. The zero-order chi connectivity index (χ0) is 13.1. The molecule has 98 valence electrons. The number of aromatic carboxylic acids is 1. The molecule has 0 spiro atoms. The molecule has 1 unspecified atom stereocenters. The molecule has 0 aromatic carbocycles. The molecule has 1 atom stereocenters. The van der Waals surface area contributed by atoms with Crippen molar-refractivity contribution in [3.8, 4) is 0 Å². The van der Waals surface area contributed by atoms with Crippen LogP contribution in [0.1, 0.15) is 16.9 Å². The molecule has 0 aliphatic carbocycles. The molecule has 2 heterocycles. The Morgan fingerprint density at radius 2 is 2.39 bits per heavy atom. The number of nitrogens with zero attached hydrogens (tertiary/aromatic N) is 4. The van der Waals surface area contributed by atoms with Crippen LogP contribution >= 0.6 is 0 Å². The first-order chi connectivity index (χ1) is 8.56. The summed E-state index contributed by atoms with van der Waals surface area (Å²) in [4.78, 5) is 23.1. The topological polar surface area (TPSA) is 69.6 Å². The predicted octanol–water partition coefficient (Wildman–Crippen LogP) is 0.563. The van der Waals surface area contributed by atoms with E-state index in [1.165, 1.54) is 12.6 Å². The Balaban J connectivity index is 2.02. The van der Waals surface area contributed by atoms with Gasteiger partial charge in [-0.3, -0.25) is 4.98 Å². The summed E-state index contributed by atoms with van der Waals surface area (Å²) in [6, 6.07) is 0. The Kier molecular flexibility index (Phi) is 3.76. The fraction of sp³-hybridized carbons (Fsp3) is 0.583. The summed E-state index contributed by atoms with van der Waals surface area (Å²) < 4.78 is 0. The molecule has 18 heavy (non-hydrogen) atoms. The standard InChI is InChI=1S/C12H18N4O2/c1-15-4-3-9(7-15)8-16(2)11-6-13-5-10(14-11)12(17)18/h5-6,9H,3-4,7-8H2,1-2H3,(H,17,18). The predicted molar refractivity (Wildman–Crippen MR) is 67.9 cm³/mol. The lowest BCUT2D eigenvalue weighted by Crippen LogP contribution is -2.28. The number of likely N-dealkylation sites (tertiary alicyclic amines) is 1. The zero-order valence-corrected chi connectivity index (χ0v) is 10.7. The average Bonchev–Trinajstić information content (AvgIpc) is 2.75. The highest BCUT2D eigenvalue weighted by atomic mass is 16.4. The van der Waals surface area contributed by atoms with Crippen molar-refractivity contribution in [2.24, 2.45) is 5.92 Å². The first-order valence-electron chi connectivity index (χ1n) is 6.01. The number of rotatable bonds is 4. The Labute approximate surface area is 106 Å². The maximum atomic E-state index is 10.8. The Bertz CT molecular complexity index is 438. The molecule has 2 rings (SSSR count). The lowest BCUT2D eigenvalue weighted by molar-refractivity contribution is 0.0690. The number of carbonyl (C=O) groups is 1. The van der Waals surface area contributed by atoms with E-state index >= 15 is 0 Å². The molecular formula is C12H18N4O2. The van der Waals surface area contributed by atoms with Gasteiger partial charge < -0.3 is 14.9 Å². The van der Waals surface area contributed by atoms with Gasteiger partial charge in [-0.2, -0.15) is 0 Å². The molecule has 6 heteroatoms. The molecule has 1 aromatic rings. The summed E-state index contributed by atoms with van der Waals surface area (Å²) in [6.45, 7) is 3.08. The second-order valence-corrected chi connectivity index (χ2v) is 4.87. The monoisotopic (exact) mass is 250 g/mol. The lowest BCUT2D eigenvalue weighted by atomic mass is 10.1. The van der Waals surface area contributed by atoms with E-state index < -0.39 is 5.97 Å². The van der Waals surface area contributed by atoms with Gasteiger partial charge in [0.25, 0.3) is 0 Å². The van der Waals surface area contributed by atoms with E-state index in [0.29, 0.717) is 11.7 Å². The van der Waals surface area contributed by atoms with Crippen molar-refractivity contribution in [3.05, 3.63) is 18.1 Å². The Hall–Kier alpha value is -1.69. The van der Waals surface area contributed by atoms with Crippen LogP contribution in [0.5, 0.6) is 0 Å². The normalized spacial score (nSPS) is 20.0. The van der Waals surface area contributed by atoms with Crippen LogP contribution in [0.4, 0.5) is 5.82 Å². The van der Waals surface area contributed by atoms with Crippen LogP contribution in [0.15, 0.2) is 12.4 Å². The summed E-state index contributed by atoms with van der Waals surface area (Å²) in [7, 11) is 4.04. The van der Waals surface area contributed by atoms with Gasteiger partial charge in [0.2, 0.25) is 0 Å². The van der Waals surface area contributed by atoms with Crippen LogP contribution in [0.25, 0.3) is 0 Å². The van der Waals surface area contributed by atoms with E-state index in [9.17, 15) is 4.79 Å². The highest BCUT2D eigenvalue weighted by Gasteiger charge is 2.21. The minimum Gasteiger partial charge on any atom is -0.476 e. The fourth-order valence-electron chi connectivity index (χ4n) is 2.30. The van der Waals surface area contributed by atoms with E-state index in [1.807, 2.05) is 11.9 Å². The van der Waals surface area contributed by atoms with Gasteiger partial charge in [0.15, 0.2) is 5.69 Å². The molecule has 1 saturated heterocycles. The molecule has 0 saturated carbocycles. The van der Waals surface area contributed by atoms with Crippen LogP contribution in [0.3, 0.4) is 0 Å². The van der Waals surface area contributed by atoms with Crippen LogP contribution < -0.4 is 4.90 Å².